The molecule has 0 unspecified atom stereocenters. The third-order valence-corrected chi connectivity index (χ3v) is 2.78. The number of rotatable bonds is 5. The summed E-state index contributed by atoms with van der Waals surface area (Å²) < 4.78 is 0. The molecule has 1 fully saturated rings. The third kappa shape index (κ3) is 3.14. The van der Waals surface area contributed by atoms with E-state index in [0.29, 0.717) is 0 Å². The van der Waals surface area contributed by atoms with Crippen LogP contribution < -0.4 is 0 Å². The van der Waals surface area contributed by atoms with Gasteiger partial charge in [-0.05, 0) is 0 Å². The Morgan fingerprint density at radius 3 is 1.95 bits per heavy atom. The predicted molar refractivity (Wildman–Crippen MR) is 57.2 cm³/mol. The predicted octanol–water partition coefficient (Wildman–Crippen LogP) is -3.90. The van der Waals surface area contributed by atoms with E-state index in [1.165, 1.54) is 0 Å². The summed E-state index contributed by atoms with van der Waals surface area (Å²) in [5, 5.41) is 45.9. The van der Waals surface area contributed by atoms with Crippen molar-refractivity contribution in [2.75, 3.05) is 6.61 Å². The van der Waals surface area contributed by atoms with Gasteiger partial charge in [-0.25, -0.2) is 4.90 Å². The fourth-order valence-electron chi connectivity index (χ4n) is 1.62. The minimum Gasteiger partial charge on any atom is -0.394 e. The minimum atomic E-state index is -2.26. The molecule has 1 aliphatic rings. The summed E-state index contributed by atoms with van der Waals surface area (Å²) in [6, 6.07) is 0. The second-order valence-corrected chi connectivity index (χ2v) is 4.14. The smallest absolute Gasteiger partial charge is 0.267 e. The van der Waals surface area contributed by atoms with Crippen molar-refractivity contribution < 1.29 is 39.9 Å². The van der Waals surface area contributed by atoms with Crippen LogP contribution in [0, 0.1) is 0 Å². The van der Waals surface area contributed by atoms with E-state index in [2.05, 4.69) is 0 Å². The molecule has 0 aromatic heterocycles. The lowest BCUT2D eigenvalue weighted by Gasteiger charge is -2.26. The number of carbonyl (C=O) groups excluding carboxylic acids is 3. The van der Waals surface area contributed by atoms with Crippen molar-refractivity contribution in [2.45, 2.75) is 37.3 Å². The zero-order valence-electron chi connectivity index (χ0n) is 9.84. The Bertz CT molecular complexity index is 368. The van der Waals surface area contributed by atoms with Gasteiger partial charge in [-0.15, -0.1) is 0 Å². The number of nitrogens with zero attached hydrogens (tertiary/aromatic N) is 1. The van der Waals surface area contributed by atoms with Gasteiger partial charge in [-0.1, -0.05) is 0 Å². The molecule has 1 aliphatic heterocycles. The molecule has 1 rings (SSSR count). The molecule has 4 atom stereocenters. The second kappa shape index (κ2) is 6.17. The van der Waals surface area contributed by atoms with Crippen LogP contribution in [0.15, 0.2) is 0 Å². The lowest BCUT2D eigenvalue weighted by Crippen LogP contribution is -2.53. The van der Waals surface area contributed by atoms with Gasteiger partial charge in [-0.3, -0.25) is 14.4 Å². The van der Waals surface area contributed by atoms with Crippen LogP contribution in [0.25, 0.3) is 0 Å². The molecule has 0 aliphatic carbocycles. The van der Waals surface area contributed by atoms with Crippen LogP contribution in [0.2, 0.25) is 0 Å². The highest BCUT2D eigenvalue weighted by Crippen LogP contribution is 2.15. The number of aliphatic hydroxyl groups is 5. The maximum Gasteiger partial charge on any atom is 0.267 e. The summed E-state index contributed by atoms with van der Waals surface area (Å²) in [6.07, 6.45) is -8.53. The number of aliphatic hydroxyl groups excluding tert-OH is 5. The van der Waals surface area contributed by atoms with Crippen molar-refractivity contribution in [1.82, 2.24) is 4.90 Å². The first-order valence-corrected chi connectivity index (χ1v) is 5.54. The summed E-state index contributed by atoms with van der Waals surface area (Å²) in [7, 11) is 0. The Kier molecular flexibility index (Phi) is 5.09. The molecule has 9 nitrogen and oxygen atoms in total. The Morgan fingerprint density at radius 2 is 1.53 bits per heavy atom. The first kappa shape index (κ1) is 15.7. The molecule has 0 spiro atoms. The Labute approximate surface area is 107 Å². The van der Waals surface area contributed by atoms with Crippen molar-refractivity contribution in [3.63, 3.8) is 0 Å². The SMILES string of the molecule is O=C1CCC(=O)N1C(=O)[C@H](O)[C@@H](O)[C@H](O)[C@H](O)CO. The maximum absolute atomic E-state index is 11.6. The zero-order valence-corrected chi connectivity index (χ0v) is 9.84. The minimum absolute atomic E-state index is 0.171. The van der Waals surface area contributed by atoms with Crippen LogP contribution in [-0.4, -0.2) is 79.2 Å². The largest absolute Gasteiger partial charge is 0.394 e. The average molecular weight is 277 g/mol. The van der Waals surface area contributed by atoms with Gasteiger partial charge in [0.1, 0.15) is 18.3 Å². The fraction of sp³-hybridized carbons (Fsp3) is 0.700. The second-order valence-electron chi connectivity index (χ2n) is 4.14. The summed E-state index contributed by atoms with van der Waals surface area (Å²) in [5.41, 5.74) is 0. The number of amides is 3. The van der Waals surface area contributed by atoms with E-state index in [-0.39, 0.29) is 17.7 Å². The first-order valence-electron chi connectivity index (χ1n) is 5.54. The quantitative estimate of drug-likeness (QED) is 0.319. The van der Waals surface area contributed by atoms with Gasteiger partial charge >= 0.3 is 0 Å². The molecule has 0 saturated carbocycles. The molecular formula is C10H15NO8. The summed E-state index contributed by atoms with van der Waals surface area (Å²) in [4.78, 5) is 34.3. The number of imide groups is 3. The van der Waals surface area contributed by atoms with E-state index in [4.69, 9.17) is 10.2 Å². The fourth-order valence-corrected chi connectivity index (χ4v) is 1.62. The number of hydrogen-bond acceptors (Lipinski definition) is 8. The van der Waals surface area contributed by atoms with Crippen molar-refractivity contribution in [3.05, 3.63) is 0 Å². The van der Waals surface area contributed by atoms with Gasteiger partial charge in [0.05, 0.1) is 6.61 Å². The van der Waals surface area contributed by atoms with Crippen LogP contribution in [-0.2, 0) is 14.4 Å². The molecule has 1 heterocycles. The van der Waals surface area contributed by atoms with Crippen molar-refractivity contribution in [1.29, 1.82) is 0 Å². The molecule has 5 N–H and O–H groups in total. The normalized spacial score (nSPS) is 22.3. The summed E-state index contributed by atoms with van der Waals surface area (Å²) >= 11 is 0. The molecule has 3 amide bonds. The highest BCUT2D eigenvalue weighted by atomic mass is 16.4. The highest BCUT2D eigenvalue weighted by molar-refractivity contribution is 6.16. The van der Waals surface area contributed by atoms with Crippen molar-refractivity contribution >= 4 is 17.7 Å². The molecule has 9 heteroatoms. The molecule has 0 radical (unpaired) electrons. The number of likely N-dealkylation sites (tertiary alicyclic amines) is 1. The van der Waals surface area contributed by atoms with E-state index in [9.17, 15) is 29.7 Å². The van der Waals surface area contributed by atoms with Crippen LogP contribution in [0.4, 0.5) is 0 Å². The highest BCUT2D eigenvalue weighted by Gasteiger charge is 2.42. The lowest BCUT2D eigenvalue weighted by atomic mass is 10.0. The first-order chi connectivity index (χ1) is 8.81. The topological polar surface area (TPSA) is 156 Å². The molecule has 19 heavy (non-hydrogen) atoms. The van der Waals surface area contributed by atoms with Crippen LogP contribution in [0.5, 0.6) is 0 Å². The summed E-state index contributed by atoms with van der Waals surface area (Å²) in [6.45, 7) is -0.902. The van der Waals surface area contributed by atoms with Crippen molar-refractivity contribution in [3.8, 4) is 0 Å². The summed E-state index contributed by atoms with van der Waals surface area (Å²) in [5.74, 6) is -2.99. The lowest BCUT2D eigenvalue weighted by molar-refractivity contribution is -0.164. The molecule has 0 aromatic carbocycles. The molecule has 1 saturated heterocycles. The van der Waals surface area contributed by atoms with Gasteiger partial charge in [-0.2, -0.15) is 0 Å². The third-order valence-electron chi connectivity index (χ3n) is 2.78. The van der Waals surface area contributed by atoms with E-state index in [1.54, 1.807) is 0 Å². The van der Waals surface area contributed by atoms with Crippen LogP contribution in [0.3, 0.4) is 0 Å². The number of hydrogen-bond donors (Lipinski definition) is 5. The van der Waals surface area contributed by atoms with Gasteiger partial charge < -0.3 is 25.5 Å². The van der Waals surface area contributed by atoms with Gasteiger partial charge in [0.15, 0.2) is 6.10 Å². The molecular weight excluding hydrogens is 262 g/mol. The Balaban J connectivity index is 2.76. The zero-order chi connectivity index (χ0) is 14.7. The standard InChI is InChI=1S/C10H15NO8/c12-3-4(13)7(16)8(17)9(18)10(19)11-5(14)1-2-6(11)15/h4,7-9,12-13,16-18H,1-3H2/t4-,7-,8+,9-/m1/s1. The van der Waals surface area contributed by atoms with Gasteiger partial charge in [0.2, 0.25) is 11.8 Å². The monoisotopic (exact) mass is 277 g/mol. The van der Waals surface area contributed by atoms with Gasteiger partial charge in [0.25, 0.3) is 5.91 Å². The van der Waals surface area contributed by atoms with Crippen LogP contribution in [0.1, 0.15) is 12.8 Å². The van der Waals surface area contributed by atoms with E-state index < -0.39 is 48.7 Å². The van der Waals surface area contributed by atoms with E-state index in [0.717, 1.165) is 0 Å². The Morgan fingerprint density at radius 1 is 1.05 bits per heavy atom. The van der Waals surface area contributed by atoms with E-state index in [1.807, 2.05) is 0 Å². The average Bonchev–Trinajstić information content (AvgIpc) is 2.73. The molecule has 0 bridgehead atoms. The molecule has 0 aromatic rings. The van der Waals surface area contributed by atoms with Crippen molar-refractivity contribution in [2.24, 2.45) is 0 Å². The van der Waals surface area contributed by atoms with E-state index >= 15 is 0 Å². The van der Waals surface area contributed by atoms with Crippen LogP contribution >= 0.6 is 0 Å². The maximum atomic E-state index is 11.6. The molecule has 108 valence electrons. The van der Waals surface area contributed by atoms with Gasteiger partial charge in [0, 0.05) is 12.8 Å². The number of carbonyl (C=O) groups is 3. The Hall–Kier alpha value is -1.39.